The third kappa shape index (κ3) is 4.21. The van der Waals surface area contributed by atoms with Crippen LogP contribution in [0.3, 0.4) is 0 Å². The molecule has 0 spiro atoms. The quantitative estimate of drug-likeness (QED) is 0.471. The van der Waals surface area contributed by atoms with Crippen LogP contribution < -0.4 is 0 Å². The minimum atomic E-state index is 0.277. The number of allylic oxidation sites excluding steroid dienone is 4. The van der Waals surface area contributed by atoms with Crippen molar-refractivity contribution in [1.29, 1.82) is 0 Å². The van der Waals surface area contributed by atoms with Gasteiger partial charge in [-0.3, -0.25) is 0 Å². The molecule has 0 rings (SSSR count). The second-order valence-corrected chi connectivity index (χ2v) is 4.49. The minimum Gasteiger partial charge on any atom is -0.0866 e. The minimum absolute atomic E-state index is 0.277. The lowest BCUT2D eigenvalue weighted by Crippen LogP contribution is -1.85. The molecule has 6 heteroatoms. The molecule has 0 atom stereocenters. The molecule has 0 unspecified atom stereocenters. The molecule has 0 aliphatic rings. The summed E-state index contributed by atoms with van der Waals surface area (Å²) in [7, 11) is 0. The van der Waals surface area contributed by atoms with E-state index in [1.54, 1.807) is 0 Å². The van der Waals surface area contributed by atoms with E-state index in [0.717, 1.165) is 0 Å². The van der Waals surface area contributed by atoms with E-state index in [2.05, 4.69) is 31.9 Å². The van der Waals surface area contributed by atoms with Crippen molar-refractivity contribution in [3.05, 3.63) is 20.1 Å². The normalized spacial score (nSPS) is 15.5. The van der Waals surface area contributed by atoms with Crippen LogP contribution in [0.1, 0.15) is 0 Å². The fourth-order valence-electron chi connectivity index (χ4n) is 0.355. The van der Waals surface area contributed by atoms with Crippen molar-refractivity contribution < 1.29 is 0 Å². The molecule has 0 radical (unpaired) electrons. The van der Waals surface area contributed by atoms with Gasteiger partial charge >= 0.3 is 0 Å². The molecular weight excluding hydrogens is 374 g/mol. The largest absolute Gasteiger partial charge is 0.0866 e. The van der Waals surface area contributed by atoms with Gasteiger partial charge in [-0.05, 0) is 0 Å². The van der Waals surface area contributed by atoms with Crippen LogP contribution in [-0.2, 0) is 0 Å². The van der Waals surface area contributed by atoms with Gasteiger partial charge < -0.3 is 0 Å². The van der Waals surface area contributed by atoms with Crippen LogP contribution in [0.15, 0.2) is 20.1 Å². The summed E-state index contributed by atoms with van der Waals surface area (Å²) >= 11 is 29.3. The Bertz CT molecular complexity index is 198. The number of halogens is 6. The summed E-state index contributed by atoms with van der Waals surface area (Å²) in [6.45, 7) is 0. The first-order valence-corrected chi connectivity index (χ1v) is 6.50. The molecule has 70 valence electrons. The predicted molar refractivity (Wildman–Crippen MR) is 65.1 cm³/mol. The van der Waals surface area contributed by atoms with E-state index in [1.165, 1.54) is 0 Å². The first kappa shape index (κ1) is 13.6. The summed E-state index contributed by atoms with van der Waals surface area (Å²) in [5.41, 5.74) is 0. The van der Waals surface area contributed by atoms with E-state index in [9.17, 15) is 0 Å². The zero-order chi connectivity index (χ0) is 9.72. The molecule has 0 fully saturated rings. The van der Waals surface area contributed by atoms with Crippen LogP contribution >= 0.6 is 78.3 Å². The molecule has 0 amide bonds. The first-order valence-electron chi connectivity index (χ1n) is 2.75. The molecule has 0 aliphatic heterocycles. The van der Waals surface area contributed by atoms with Gasteiger partial charge in [0.05, 0.1) is 10.1 Å². The Morgan fingerprint density at radius 3 is 1.17 bits per heavy atom. The van der Waals surface area contributed by atoms with Gasteiger partial charge in [-0.25, -0.2) is 0 Å². The van der Waals surface area contributed by atoms with Gasteiger partial charge in [-0.1, -0.05) is 78.3 Å². The Labute approximate surface area is 108 Å². The highest BCUT2D eigenvalue weighted by Gasteiger charge is 2.08. The maximum atomic E-state index is 5.78. The summed E-state index contributed by atoms with van der Waals surface area (Å²) in [6, 6.07) is 0. The smallest absolute Gasteiger partial charge is 0.0758 e. The molecular formula is C6H4Br2Cl4. The number of hydrogen-bond donors (Lipinski definition) is 0. The van der Waals surface area contributed by atoms with E-state index in [1.807, 2.05) is 0 Å². The molecule has 0 nitrogen and oxygen atoms in total. The van der Waals surface area contributed by atoms with Crippen molar-refractivity contribution in [3.63, 3.8) is 0 Å². The van der Waals surface area contributed by atoms with E-state index in [-0.39, 0.29) is 10.1 Å². The zero-order valence-corrected chi connectivity index (χ0v) is 11.9. The molecule has 0 N–H and O–H groups in total. The van der Waals surface area contributed by atoms with Gasteiger partial charge in [0, 0.05) is 20.7 Å². The average Bonchev–Trinajstić information content (AvgIpc) is 2.12. The second kappa shape index (κ2) is 6.97. The van der Waals surface area contributed by atoms with E-state index >= 15 is 0 Å². The molecule has 0 bridgehead atoms. The van der Waals surface area contributed by atoms with Gasteiger partial charge in [0.2, 0.25) is 0 Å². The fraction of sp³-hybridized carbons (Fsp3) is 0.333. The second-order valence-electron chi connectivity index (χ2n) is 1.71. The molecule has 12 heavy (non-hydrogen) atoms. The van der Waals surface area contributed by atoms with Gasteiger partial charge in [0.25, 0.3) is 0 Å². The Morgan fingerprint density at radius 2 is 1.00 bits per heavy atom. The van der Waals surface area contributed by atoms with Crippen LogP contribution in [0.4, 0.5) is 0 Å². The van der Waals surface area contributed by atoms with E-state index < -0.39 is 0 Å². The SMILES string of the molecule is Cl/C(CBr)=C(Cl)\C(Cl)=C(/Cl)CBr. The van der Waals surface area contributed by atoms with Crippen LogP contribution in [0.5, 0.6) is 0 Å². The lowest BCUT2D eigenvalue weighted by atomic mass is 10.4. The van der Waals surface area contributed by atoms with Crippen molar-refractivity contribution in [1.82, 2.24) is 0 Å². The molecule has 0 aliphatic carbocycles. The topological polar surface area (TPSA) is 0 Å². The first-order chi connectivity index (χ1) is 5.54. The van der Waals surface area contributed by atoms with Crippen LogP contribution in [0, 0.1) is 0 Å². The van der Waals surface area contributed by atoms with Gasteiger partial charge in [-0.15, -0.1) is 0 Å². The molecule has 0 saturated carbocycles. The van der Waals surface area contributed by atoms with E-state index in [4.69, 9.17) is 46.4 Å². The molecule has 0 aromatic carbocycles. The molecule has 0 aromatic rings. The van der Waals surface area contributed by atoms with Gasteiger partial charge in [-0.2, -0.15) is 0 Å². The van der Waals surface area contributed by atoms with Crippen LogP contribution in [-0.4, -0.2) is 10.7 Å². The maximum Gasteiger partial charge on any atom is 0.0758 e. The van der Waals surface area contributed by atoms with Crippen molar-refractivity contribution in [2.24, 2.45) is 0 Å². The van der Waals surface area contributed by atoms with Gasteiger partial charge in [0.15, 0.2) is 0 Å². The number of alkyl halides is 2. The summed E-state index contributed by atoms with van der Waals surface area (Å²) in [5.74, 6) is 0. The highest BCUT2D eigenvalue weighted by Crippen LogP contribution is 2.30. The summed E-state index contributed by atoms with van der Waals surface area (Å²) < 4.78 is 0. The van der Waals surface area contributed by atoms with Crippen LogP contribution in [0.25, 0.3) is 0 Å². The summed E-state index contributed by atoms with van der Waals surface area (Å²) in [4.78, 5) is 0. The lowest BCUT2D eigenvalue weighted by molar-refractivity contribution is 1.59. The van der Waals surface area contributed by atoms with Crippen molar-refractivity contribution >= 4 is 78.3 Å². The summed E-state index contributed by atoms with van der Waals surface area (Å²) in [5, 5.41) is 2.33. The Kier molecular flexibility index (Phi) is 7.90. The Morgan fingerprint density at radius 1 is 0.750 bits per heavy atom. The molecule has 0 saturated heterocycles. The molecule has 0 aromatic heterocycles. The Hall–Kier alpha value is 1.60. The lowest BCUT2D eigenvalue weighted by Gasteiger charge is -2.01. The van der Waals surface area contributed by atoms with Gasteiger partial charge in [0.1, 0.15) is 0 Å². The maximum absolute atomic E-state index is 5.78. The monoisotopic (exact) mass is 374 g/mol. The standard InChI is InChI=1S/C6H4Br2Cl4/c7-1-3(9)5(11)6(12)4(10)2-8/h1-2H2/b5-3+,6-4+. The average molecular weight is 378 g/mol. The fourth-order valence-corrected chi connectivity index (χ4v) is 1.89. The highest BCUT2D eigenvalue weighted by atomic mass is 79.9. The Balaban J connectivity index is 4.82. The van der Waals surface area contributed by atoms with Crippen LogP contribution in [0.2, 0.25) is 0 Å². The third-order valence-electron chi connectivity index (χ3n) is 0.904. The van der Waals surface area contributed by atoms with Crippen molar-refractivity contribution in [2.75, 3.05) is 10.7 Å². The van der Waals surface area contributed by atoms with E-state index in [0.29, 0.717) is 20.7 Å². The third-order valence-corrected chi connectivity index (χ3v) is 4.44. The molecule has 0 heterocycles. The van der Waals surface area contributed by atoms with Crippen molar-refractivity contribution in [3.8, 4) is 0 Å². The predicted octanol–water partition coefficient (Wildman–Crippen LogP) is 5.15. The zero-order valence-electron chi connectivity index (χ0n) is 5.68. The van der Waals surface area contributed by atoms with Crippen molar-refractivity contribution in [2.45, 2.75) is 0 Å². The number of rotatable bonds is 3. The number of hydrogen-bond acceptors (Lipinski definition) is 0. The highest BCUT2D eigenvalue weighted by molar-refractivity contribution is 9.09. The summed E-state index contributed by atoms with van der Waals surface area (Å²) in [6.07, 6.45) is 0.